The third-order valence-electron chi connectivity index (χ3n) is 6.93. The van der Waals surface area contributed by atoms with E-state index < -0.39 is 11.3 Å². The Morgan fingerprint density at radius 1 is 0.909 bits per heavy atom. The van der Waals surface area contributed by atoms with Crippen LogP contribution in [0.1, 0.15) is 77.3 Å². The van der Waals surface area contributed by atoms with Gasteiger partial charge in [0, 0.05) is 51.2 Å². The summed E-state index contributed by atoms with van der Waals surface area (Å²) in [5, 5.41) is 5.60. The standard InChI is InChI=1S/C26H34N4O3/c1-27-25(32)22-17-30(21-10-6-3-7-11-21)18-23(24(22)31)26(33)28-20-12-14-29(15-13-20)16-19-8-4-2-5-9-19/h2,4-5,8-9,17-18,20-21H,3,6-7,10-16H2,1H3,(H,27,32)(H,28,33). The Hall–Kier alpha value is -2.93. The van der Waals surface area contributed by atoms with Crippen molar-refractivity contribution < 1.29 is 9.59 Å². The van der Waals surface area contributed by atoms with E-state index in [1.807, 2.05) is 10.6 Å². The zero-order valence-electron chi connectivity index (χ0n) is 19.4. The molecule has 2 aliphatic rings. The number of benzene rings is 1. The van der Waals surface area contributed by atoms with Gasteiger partial charge in [-0.2, -0.15) is 0 Å². The molecule has 176 valence electrons. The van der Waals surface area contributed by atoms with Crippen LogP contribution in [0.2, 0.25) is 0 Å². The van der Waals surface area contributed by atoms with E-state index in [0.29, 0.717) is 0 Å². The lowest BCUT2D eigenvalue weighted by atomic mass is 9.95. The number of carbonyl (C=O) groups excluding carboxylic acids is 2. The molecule has 0 bridgehead atoms. The van der Waals surface area contributed by atoms with Crippen molar-refractivity contribution in [2.75, 3.05) is 20.1 Å². The summed E-state index contributed by atoms with van der Waals surface area (Å²) in [6.07, 6.45) is 10.4. The van der Waals surface area contributed by atoms with Gasteiger partial charge >= 0.3 is 0 Å². The molecule has 2 N–H and O–H groups in total. The Kier molecular flexibility index (Phi) is 7.60. The minimum atomic E-state index is -0.500. The second-order valence-corrected chi connectivity index (χ2v) is 9.24. The van der Waals surface area contributed by atoms with E-state index in [0.717, 1.165) is 58.2 Å². The number of hydrogen-bond donors (Lipinski definition) is 2. The average molecular weight is 451 g/mol. The van der Waals surface area contributed by atoms with Gasteiger partial charge in [-0.3, -0.25) is 19.3 Å². The van der Waals surface area contributed by atoms with Gasteiger partial charge in [-0.1, -0.05) is 49.6 Å². The van der Waals surface area contributed by atoms with Gasteiger partial charge in [0.1, 0.15) is 11.1 Å². The molecule has 7 heteroatoms. The first kappa shape index (κ1) is 23.2. The maximum atomic E-state index is 13.1. The van der Waals surface area contributed by atoms with Crippen LogP contribution in [0.5, 0.6) is 0 Å². The number of nitrogens with zero attached hydrogens (tertiary/aromatic N) is 2. The highest BCUT2D eigenvalue weighted by Crippen LogP contribution is 2.28. The molecule has 1 aliphatic carbocycles. The smallest absolute Gasteiger partial charge is 0.256 e. The fourth-order valence-corrected chi connectivity index (χ4v) is 4.99. The highest BCUT2D eigenvalue weighted by Gasteiger charge is 2.25. The van der Waals surface area contributed by atoms with Crippen LogP contribution >= 0.6 is 0 Å². The summed E-state index contributed by atoms with van der Waals surface area (Å²) in [7, 11) is 1.50. The first-order valence-corrected chi connectivity index (χ1v) is 12.1. The molecule has 2 aromatic rings. The Balaban J connectivity index is 1.45. The Bertz CT molecular complexity index is 1020. The molecule has 1 saturated carbocycles. The molecule has 33 heavy (non-hydrogen) atoms. The van der Waals surface area contributed by atoms with Crippen LogP contribution in [0.3, 0.4) is 0 Å². The van der Waals surface area contributed by atoms with Gasteiger partial charge in [-0.25, -0.2) is 0 Å². The minimum absolute atomic E-state index is 0.0238. The summed E-state index contributed by atoms with van der Waals surface area (Å²) < 4.78 is 1.92. The van der Waals surface area contributed by atoms with Gasteiger partial charge in [-0.05, 0) is 31.2 Å². The molecule has 1 aliphatic heterocycles. The second-order valence-electron chi connectivity index (χ2n) is 9.24. The van der Waals surface area contributed by atoms with Gasteiger partial charge in [0.2, 0.25) is 5.43 Å². The molecule has 0 spiro atoms. The lowest BCUT2D eigenvalue weighted by Crippen LogP contribution is -2.45. The summed E-state index contributed by atoms with van der Waals surface area (Å²) in [5.74, 6) is -0.828. The SMILES string of the molecule is CNC(=O)c1cn(C2CCCCC2)cc(C(=O)NC2CCN(Cc3ccccc3)CC2)c1=O. The summed E-state index contributed by atoms with van der Waals surface area (Å²) in [4.78, 5) is 40.9. The van der Waals surface area contributed by atoms with E-state index in [4.69, 9.17) is 0 Å². The average Bonchev–Trinajstić information content (AvgIpc) is 2.86. The maximum Gasteiger partial charge on any atom is 0.256 e. The van der Waals surface area contributed by atoms with E-state index in [9.17, 15) is 14.4 Å². The fraction of sp³-hybridized carbons (Fsp3) is 0.500. The molecule has 2 fully saturated rings. The number of nitrogens with one attached hydrogen (secondary N) is 2. The molecular formula is C26H34N4O3. The fourth-order valence-electron chi connectivity index (χ4n) is 4.99. The first-order chi connectivity index (χ1) is 16.0. The van der Waals surface area contributed by atoms with Crippen LogP contribution in [-0.4, -0.2) is 47.5 Å². The zero-order valence-corrected chi connectivity index (χ0v) is 19.4. The molecule has 2 amide bonds. The predicted octanol–water partition coefficient (Wildman–Crippen LogP) is 3.11. The van der Waals surface area contributed by atoms with Crippen molar-refractivity contribution in [2.24, 2.45) is 0 Å². The maximum absolute atomic E-state index is 13.1. The van der Waals surface area contributed by atoms with Crippen LogP contribution < -0.4 is 16.1 Å². The third kappa shape index (κ3) is 5.71. The zero-order chi connectivity index (χ0) is 23.2. The monoisotopic (exact) mass is 450 g/mol. The van der Waals surface area contributed by atoms with Crippen molar-refractivity contribution in [3.8, 4) is 0 Å². The van der Waals surface area contributed by atoms with Crippen molar-refractivity contribution in [3.05, 3.63) is 69.6 Å². The molecule has 0 unspecified atom stereocenters. The normalized spacial score (nSPS) is 18.1. The van der Waals surface area contributed by atoms with Crippen LogP contribution in [0, 0.1) is 0 Å². The number of likely N-dealkylation sites (tertiary alicyclic amines) is 1. The molecule has 0 atom stereocenters. The molecule has 1 aromatic carbocycles. The Morgan fingerprint density at radius 2 is 1.55 bits per heavy atom. The predicted molar refractivity (Wildman–Crippen MR) is 128 cm³/mol. The van der Waals surface area contributed by atoms with Crippen molar-refractivity contribution in [3.63, 3.8) is 0 Å². The van der Waals surface area contributed by atoms with Crippen LogP contribution in [0.15, 0.2) is 47.5 Å². The highest BCUT2D eigenvalue weighted by molar-refractivity contribution is 5.99. The van der Waals surface area contributed by atoms with Crippen molar-refractivity contribution in [1.29, 1.82) is 0 Å². The van der Waals surface area contributed by atoms with Crippen LogP contribution in [-0.2, 0) is 6.54 Å². The van der Waals surface area contributed by atoms with Crippen LogP contribution in [0.4, 0.5) is 0 Å². The third-order valence-corrected chi connectivity index (χ3v) is 6.93. The van der Waals surface area contributed by atoms with Gasteiger partial charge in [0.15, 0.2) is 0 Å². The number of hydrogen-bond acceptors (Lipinski definition) is 4. The number of amides is 2. The minimum Gasteiger partial charge on any atom is -0.355 e. The summed E-state index contributed by atoms with van der Waals surface area (Å²) >= 11 is 0. The van der Waals surface area contributed by atoms with E-state index in [-0.39, 0.29) is 29.1 Å². The lowest BCUT2D eigenvalue weighted by molar-refractivity contribution is 0.0906. The van der Waals surface area contributed by atoms with E-state index in [1.54, 1.807) is 12.4 Å². The Labute approximate surface area is 195 Å². The highest BCUT2D eigenvalue weighted by atomic mass is 16.2. The summed E-state index contributed by atoms with van der Waals surface area (Å²) in [6.45, 7) is 2.69. The van der Waals surface area contributed by atoms with Gasteiger partial charge in [0.05, 0.1) is 0 Å². The van der Waals surface area contributed by atoms with E-state index >= 15 is 0 Å². The van der Waals surface area contributed by atoms with E-state index in [1.165, 1.54) is 19.0 Å². The number of pyridine rings is 1. The van der Waals surface area contributed by atoms with Crippen molar-refractivity contribution in [2.45, 2.75) is 63.6 Å². The molecule has 7 nitrogen and oxygen atoms in total. The molecule has 4 rings (SSSR count). The number of piperidine rings is 1. The quantitative estimate of drug-likeness (QED) is 0.708. The topological polar surface area (TPSA) is 83.4 Å². The summed E-state index contributed by atoms with van der Waals surface area (Å²) in [6, 6.07) is 10.6. The second kappa shape index (κ2) is 10.8. The Morgan fingerprint density at radius 3 is 2.18 bits per heavy atom. The molecule has 0 radical (unpaired) electrons. The molecular weight excluding hydrogens is 416 g/mol. The molecule has 2 heterocycles. The number of carbonyl (C=O) groups is 2. The molecule has 1 aromatic heterocycles. The van der Waals surface area contributed by atoms with E-state index in [2.05, 4.69) is 39.8 Å². The first-order valence-electron chi connectivity index (χ1n) is 12.1. The van der Waals surface area contributed by atoms with Crippen molar-refractivity contribution in [1.82, 2.24) is 20.1 Å². The van der Waals surface area contributed by atoms with Gasteiger partial charge in [-0.15, -0.1) is 0 Å². The van der Waals surface area contributed by atoms with Gasteiger partial charge < -0.3 is 15.2 Å². The number of aromatic nitrogens is 1. The van der Waals surface area contributed by atoms with Crippen LogP contribution in [0.25, 0.3) is 0 Å². The summed E-state index contributed by atoms with van der Waals surface area (Å²) in [5.41, 5.74) is 0.886. The largest absolute Gasteiger partial charge is 0.355 e. The molecule has 1 saturated heterocycles. The lowest BCUT2D eigenvalue weighted by Gasteiger charge is -2.32. The van der Waals surface area contributed by atoms with Crippen molar-refractivity contribution >= 4 is 11.8 Å². The van der Waals surface area contributed by atoms with Gasteiger partial charge in [0.25, 0.3) is 11.8 Å². The number of rotatable bonds is 6.